The smallest absolute Gasteiger partial charge is 0.337 e. The van der Waals surface area contributed by atoms with E-state index in [0.29, 0.717) is 0 Å². The zero-order chi connectivity index (χ0) is 20.2. The van der Waals surface area contributed by atoms with Crippen LogP contribution in [0.2, 0.25) is 10.0 Å². The van der Waals surface area contributed by atoms with E-state index in [1.54, 1.807) is 0 Å². The highest BCUT2D eigenvalue weighted by Crippen LogP contribution is 2.30. The number of carbonyl (C=O) groups is 2. The van der Waals surface area contributed by atoms with Crippen molar-refractivity contribution in [3.05, 3.63) is 58.1 Å². The second-order valence-electron chi connectivity index (χ2n) is 5.20. The summed E-state index contributed by atoms with van der Waals surface area (Å²) in [6.07, 6.45) is 0. The summed E-state index contributed by atoms with van der Waals surface area (Å²) in [6.45, 7) is -0.598. The van der Waals surface area contributed by atoms with Gasteiger partial charge in [0.2, 0.25) is 0 Å². The number of methoxy groups -OCH3 is 2. The zero-order valence-corrected chi connectivity index (χ0v) is 16.6. The molecule has 0 aliphatic heterocycles. The quantitative estimate of drug-likeness (QED) is 0.652. The second-order valence-corrected chi connectivity index (χ2v) is 7.88. The molecule has 2 aromatic rings. The van der Waals surface area contributed by atoms with Crippen molar-refractivity contribution in [3.63, 3.8) is 0 Å². The molecule has 2 aromatic carbocycles. The van der Waals surface area contributed by atoms with Crippen LogP contribution >= 0.6 is 23.2 Å². The van der Waals surface area contributed by atoms with Gasteiger partial charge in [-0.25, -0.2) is 13.2 Å². The lowest BCUT2D eigenvalue weighted by molar-refractivity contribution is -0.138. The number of carbonyl (C=O) groups excluding carboxylic acids is 2. The molecule has 0 heterocycles. The summed E-state index contributed by atoms with van der Waals surface area (Å²) < 4.78 is 36.2. The van der Waals surface area contributed by atoms with Crippen molar-refractivity contribution < 1.29 is 27.5 Å². The molecule has 0 bridgehead atoms. The average molecular weight is 432 g/mol. The number of nitrogens with zero attached hydrogens (tertiary/aromatic N) is 1. The highest BCUT2D eigenvalue weighted by Gasteiger charge is 2.30. The summed E-state index contributed by atoms with van der Waals surface area (Å²) in [4.78, 5) is 23.1. The molecule has 2 rings (SSSR count). The molecule has 0 radical (unpaired) electrons. The molecule has 0 unspecified atom stereocenters. The van der Waals surface area contributed by atoms with Gasteiger partial charge in [-0.1, -0.05) is 23.2 Å². The number of esters is 2. The number of halogens is 2. The van der Waals surface area contributed by atoms with Crippen LogP contribution in [0.25, 0.3) is 0 Å². The predicted octanol–water partition coefficient (Wildman–Crippen LogP) is 3.15. The minimum Gasteiger partial charge on any atom is -0.468 e. The van der Waals surface area contributed by atoms with Crippen molar-refractivity contribution >= 4 is 50.9 Å². The Labute approximate surface area is 166 Å². The summed E-state index contributed by atoms with van der Waals surface area (Å²) in [5.41, 5.74) is 0.349. The van der Waals surface area contributed by atoms with Gasteiger partial charge in [0.25, 0.3) is 10.0 Å². The second kappa shape index (κ2) is 8.60. The van der Waals surface area contributed by atoms with E-state index in [2.05, 4.69) is 9.47 Å². The zero-order valence-electron chi connectivity index (χ0n) is 14.3. The van der Waals surface area contributed by atoms with Gasteiger partial charge in [0.05, 0.1) is 30.5 Å². The first kappa shape index (κ1) is 21.0. The van der Waals surface area contributed by atoms with Crippen LogP contribution < -0.4 is 4.31 Å². The molecule has 27 heavy (non-hydrogen) atoms. The van der Waals surface area contributed by atoms with E-state index in [1.807, 2.05) is 0 Å². The molecule has 0 N–H and O–H groups in total. The van der Waals surface area contributed by atoms with Crippen LogP contribution in [0.15, 0.2) is 47.4 Å². The van der Waals surface area contributed by atoms with E-state index in [0.717, 1.165) is 11.4 Å². The molecule has 0 saturated heterocycles. The topological polar surface area (TPSA) is 90.0 Å². The lowest BCUT2D eigenvalue weighted by Crippen LogP contribution is -2.36. The molecule has 0 spiro atoms. The van der Waals surface area contributed by atoms with Crippen LogP contribution in [0.5, 0.6) is 0 Å². The molecule has 0 aliphatic rings. The molecule has 10 heteroatoms. The Balaban J connectivity index is 2.55. The van der Waals surface area contributed by atoms with Gasteiger partial charge in [-0.3, -0.25) is 9.10 Å². The summed E-state index contributed by atoms with van der Waals surface area (Å²) in [5.74, 6) is -1.37. The fourth-order valence-corrected chi connectivity index (χ4v) is 4.32. The van der Waals surface area contributed by atoms with Gasteiger partial charge >= 0.3 is 11.9 Å². The highest BCUT2D eigenvalue weighted by atomic mass is 35.5. The third kappa shape index (κ3) is 4.71. The number of hydrogen-bond acceptors (Lipinski definition) is 6. The first-order valence-corrected chi connectivity index (χ1v) is 9.63. The molecule has 144 valence electrons. The van der Waals surface area contributed by atoms with Crippen LogP contribution in [0.3, 0.4) is 0 Å². The summed E-state index contributed by atoms with van der Waals surface area (Å²) in [7, 11) is -1.88. The van der Waals surface area contributed by atoms with Gasteiger partial charge in [0.1, 0.15) is 11.4 Å². The third-order valence-electron chi connectivity index (χ3n) is 3.54. The normalized spacial score (nSPS) is 11.0. The Kier molecular flexibility index (Phi) is 6.69. The van der Waals surface area contributed by atoms with Crippen LogP contribution in [-0.2, 0) is 24.3 Å². The van der Waals surface area contributed by atoms with Gasteiger partial charge in [-0.15, -0.1) is 0 Å². The first-order chi connectivity index (χ1) is 12.7. The molecule has 0 aliphatic carbocycles. The number of benzene rings is 2. The van der Waals surface area contributed by atoms with Crippen molar-refractivity contribution in [2.75, 3.05) is 25.1 Å². The predicted molar refractivity (Wildman–Crippen MR) is 101 cm³/mol. The van der Waals surface area contributed by atoms with Crippen LogP contribution in [0, 0.1) is 0 Å². The molecule has 0 aromatic heterocycles. The van der Waals surface area contributed by atoms with Crippen molar-refractivity contribution in [1.82, 2.24) is 0 Å². The molecular weight excluding hydrogens is 417 g/mol. The van der Waals surface area contributed by atoms with Crippen molar-refractivity contribution in [2.45, 2.75) is 4.90 Å². The fraction of sp³-hybridized carbons (Fsp3) is 0.176. The minimum absolute atomic E-state index is 0.0551. The number of ether oxygens (including phenoxy) is 2. The van der Waals surface area contributed by atoms with E-state index in [9.17, 15) is 18.0 Å². The molecule has 0 atom stereocenters. The number of anilines is 1. The van der Waals surface area contributed by atoms with E-state index >= 15 is 0 Å². The van der Waals surface area contributed by atoms with Crippen molar-refractivity contribution in [1.29, 1.82) is 0 Å². The van der Waals surface area contributed by atoms with Crippen LogP contribution in [-0.4, -0.2) is 41.1 Å². The lowest BCUT2D eigenvalue weighted by atomic mass is 10.2. The maximum absolute atomic E-state index is 13.1. The van der Waals surface area contributed by atoms with Crippen molar-refractivity contribution in [2.24, 2.45) is 0 Å². The third-order valence-corrected chi connectivity index (χ3v) is 6.03. The Bertz CT molecular complexity index is 960. The Morgan fingerprint density at radius 3 is 2.19 bits per heavy atom. The molecular formula is C17H15Cl2NO6S. The Hall–Kier alpha value is -2.29. The largest absolute Gasteiger partial charge is 0.468 e. The Morgan fingerprint density at radius 2 is 1.63 bits per heavy atom. The average Bonchev–Trinajstić information content (AvgIpc) is 2.67. The van der Waals surface area contributed by atoms with Gasteiger partial charge < -0.3 is 9.47 Å². The first-order valence-electron chi connectivity index (χ1n) is 7.43. The maximum atomic E-state index is 13.1. The highest BCUT2D eigenvalue weighted by molar-refractivity contribution is 7.93. The van der Waals surface area contributed by atoms with E-state index in [-0.39, 0.29) is 26.2 Å². The van der Waals surface area contributed by atoms with Gasteiger partial charge in [-0.05, 0) is 42.5 Å². The summed E-state index contributed by atoms with van der Waals surface area (Å²) in [5, 5.41) is 0.109. The van der Waals surface area contributed by atoms with Gasteiger partial charge in [-0.2, -0.15) is 0 Å². The SMILES string of the molecule is COC(=O)CN(c1ccc(C(=O)OC)cc1)S(=O)(=O)c1cc(Cl)ccc1Cl. The molecule has 7 nitrogen and oxygen atoms in total. The Morgan fingerprint density at radius 1 is 1.00 bits per heavy atom. The van der Waals surface area contributed by atoms with E-state index in [1.165, 1.54) is 49.6 Å². The fourth-order valence-electron chi connectivity index (χ4n) is 2.17. The van der Waals surface area contributed by atoms with Crippen LogP contribution in [0.4, 0.5) is 5.69 Å². The summed E-state index contributed by atoms with van der Waals surface area (Å²) >= 11 is 11.9. The van der Waals surface area contributed by atoms with Gasteiger partial charge in [0.15, 0.2) is 0 Å². The number of rotatable bonds is 6. The summed E-state index contributed by atoms with van der Waals surface area (Å²) in [6, 6.07) is 9.45. The minimum atomic E-state index is -4.25. The van der Waals surface area contributed by atoms with E-state index in [4.69, 9.17) is 23.2 Å². The standard InChI is InChI=1S/C17H15Cl2NO6S/c1-25-16(21)10-20(13-6-3-11(4-7-13)17(22)26-2)27(23,24)15-9-12(18)5-8-14(15)19/h3-9H,10H2,1-2H3. The van der Waals surface area contributed by atoms with Gasteiger partial charge in [0, 0.05) is 5.02 Å². The van der Waals surface area contributed by atoms with E-state index < -0.39 is 28.5 Å². The maximum Gasteiger partial charge on any atom is 0.337 e. The van der Waals surface area contributed by atoms with Crippen molar-refractivity contribution in [3.8, 4) is 0 Å². The monoisotopic (exact) mass is 431 g/mol. The molecule has 0 fully saturated rings. The molecule has 0 saturated carbocycles. The number of sulfonamides is 1. The number of hydrogen-bond donors (Lipinski definition) is 0. The lowest BCUT2D eigenvalue weighted by Gasteiger charge is -2.24. The van der Waals surface area contributed by atoms with Crippen LogP contribution in [0.1, 0.15) is 10.4 Å². The molecule has 0 amide bonds.